The van der Waals surface area contributed by atoms with Crippen molar-refractivity contribution in [3.63, 3.8) is 0 Å². The lowest BCUT2D eigenvalue weighted by Gasteiger charge is -2.15. The molecular weight excluding hydrogens is 254 g/mol. The zero-order valence-electron chi connectivity index (χ0n) is 12.2. The molecule has 0 heterocycles. The van der Waals surface area contributed by atoms with Crippen LogP contribution in [-0.2, 0) is 20.8 Å². The number of hydrogen-bond donors (Lipinski definition) is 0. The fourth-order valence-electron chi connectivity index (χ4n) is 1.93. The Kier molecular flexibility index (Phi) is 8.64. The van der Waals surface area contributed by atoms with Gasteiger partial charge in [0, 0.05) is 26.7 Å². The predicted octanol–water partition coefficient (Wildman–Crippen LogP) is 3.13. The van der Waals surface area contributed by atoms with Crippen LogP contribution in [0.2, 0.25) is 0 Å². The summed E-state index contributed by atoms with van der Waals surface area (Å²) in [6.07, 6.45) is 2.00. The first kappa shape index (κ1) is 16.6. The highest BCUT2D eigenvalue weighted by Gasteiger charge is 2.12. The lowest BCUT2D eigenvalue weighted by Crippen LogP contribution is -2.15. The van der Waals surface area contributed by atoms with Crippen molar-refractivity contribution in [1.82, 2.24) is 0 Å². The van der Waals surface area contributed by atoms with Gasteiger partial charge < -0.3 is 14.2 Å². The standard InChI is InChI=1S/C16H23NO3/c1-18-16(19-2)9-8-14(12-17)10-11-20-13-15-6-4-3-5-7-15/h3-7,14,16H,8-11,13H2,1-2H3. The summed E-state index contributed by atoms with van der Waals surface area (Å²) in [5, 5.41) is 9.11. The average molecular weight is 277 g/mol. The SMILES string of the molecule is COC(CCC(C#N)CCOCc1ccccc1)OC. The second-order valence-corrected chi connectivity index (χ2v) is 4.63. The van der Waals surface area contributed by atoms with Crippen molar-refractivity contribution in [2.45, 2.75) is 32.2 Å². The van der Waals surface area contributed by atoms with Crippen molar-refractivity contribution in [1.29, 1.82) is 5.26 Å². The molecule has 0 aliphatic carbocycles. The molecule has 0 aliphatic heterocycles. The summed E-state index contributed by atoms with van der Waals surface area (Å²) in [7, 11) is 3.22. The number of nitriles is 1. The Morgan fingerprint density at radius 2 is 1.75 bits per heavy atom. The van der Waals surface area contributed by atoms with E-state index in [1.54, 1.807) is 14.2 Å². The van der Waals surface area contributed by atoms with Crippen LogP contribution in [0.15, 0.2) is 30.3 Å². The second-order valence-electron chi connectivity index (χ2n) is 4.63. The van der Waals surface area contributed by atoms with Crippen LogP contribution in [-0.4, -0.2) is 27.1 Å². The number of nitrogens with zero attached hydrogens (tertiary/aromatic N) is 1. The second kappa shape index (κ2) is 10.4. The Labute approximate surface area is 121 Å². The number of methoxy groups -OCH3 is 2. The number of ether oxygens (including phenoxy) is 3. The summed E-state index contributed by atoms with van der Waals surface area (Å²) in [6, 6.07) is 12.3. The summed E-state index contributed by atoms with van der Waals surface area (Å²) in [5.41, 5.74) is 1.15. The zero-order valence-corrected chi connectivity index (χ0v) is 12.2. The average Bonchev–Trinajstić information content (AvgIpc) is 2.51. The third-order valence-corrected chi connectivity index (χ3v) is 3.18. The van der Waals surface area contributed by atoms with Crippen LogP contribution < -0.4 is 0 Å². The smallest absolute Gasteiger partial charge is 0.156 e. The highest BCUT2D eigenvalue weighted by molar-refractivity contribution is 5.13. The molecule has 0 saturated carbocycles. The van der Waals surface area contributed by atoms with Crippen LogP contribution in [0.3, 0.4) is 0 Å². The molecule has 0 fully saturated rings. The monoisotopic (exact) mass is 277 g/mol. The van der Waals surface area contributed by atoms with Crippen LogP contribution >= 0.6 is 0 Å². The first-order valence-corrected chi connectivity index (χ1v) is 6.87. The minimum absolute atomic E-state index is 0.0152. The van der Waals surface area contributed by atoms with Gasteiger partial charge in [0.25, 0.3) is 0 Å². The van der Waals surface area contributed by atoms with Gasteiger partial charge in [-0.25, -0.2) is 0 Å². The van der Waals surface area contributed by atoms with E-state index in [0.717, 1.165) is 24.8 Å². The Hall–Kier alpha value is -1.41. The molecule has 1 aromatic carbocycles. The zero-order chi connectivity index (χ0) is 14.6. The van der Waals surface area contributed by atoms with Crippen LogP contribution in [0.4, 0.5) is 0 Å². The highest BCUT2D eigenvalue weighted by Crippen LogP contribution is 2.14. The van der Waals surface area contributed by atoms with E-state index in [0.29, 0.717) is 13.2 Å². The van der Waals surface area contributed by atoms with Gasteiger partial charge in [0.15, 0.2) is 6.29 Å². The third-order valence-electron chi connectivity index (χ3n) is 3.18. The van der Waals surface area contributed by atoms with Gasteiger partial charge >= 0.3 is 0 Å². The lowest BCUT2D eigenvalue weighted by atomic mass is 10.0. The quantitative estimate of drug-likeness (QED) is 0.487. The van der Waals surface area contributed by atoms with Crippen LogP contribution in [0.1, 0.15) is 24.8 Å². The summed E-state index contributed by atoms with van der Waals surface area (Å²) < 4.78 is 15.8. The van der Waals surface area contributed by atoms with Gasteiger partial charge in [-0.2, -0.15) is 5.26 Å². The van der Waals surface area contributed by atoms with Gasteiger partial charge in [0.1, 0.15) is 0 Å². The molecule has 4 heteroatoms. The van der Waals surface area contributed by atoms with E-state index in [-0.39, 0.29) is 12.2 Å². The molecule has 0 spiro atoms. The normalized spacial score (nSPS) is 12.3. The molecule has 1 unspecified atom stereocenters. The van der Waals surface area contributed by atoms with Gasteiger partial charge in [-0.05, 0) is 24.8 Å². The maximum atomic E-state index is 9.11. The lowest BCUT2D eigenvalue weighted by molar-refractivity contribution is -0.108. The van der Waals surface area contributed by atoms with Gasteiger partial charge in [-0.3, -0.25) is 0 Å². The maximum Gasteiger partial charge on any atom is 0.156 e. The van der Waals surface area contributed by atoms with E-state index in [1.807, 2.05) is 30.3 Å². The Balaban J connectivity index is 2.17. The molecule has 0 amide bonds. The largest absolute Gasteiger partial charge is 0.377 e. The van der Waals surface area contributed by atoms with Gasteiger partial charge in [-0.15, -0.1) is 0 Å². The summed E-state index contributed by atoms with van der Waals surface area (Å²) in [4.78, 5) is 0. The molecule has 1 aromatic rings. The topological polar surface area (TPSA) is 51.5 Å². The van der Waals surface area contributed by atoms with Crippen LogP contribution in [0.25, 0.3) is 0 Å². The molecule has 4 nitrogen and oxygen atoms in total. The van der Waals surface area contributed by atoms with E-state index < -0.39 is 0 Å². The van der Waals surface area contributed by atoms with Crippen molar-refractivity contribution in [3.05, 3.63) is 35.9 Å². The van der Waals surface area contributed by atoms with E-state index in [1.165, 1.54) is 0 Å². The molecule has 0 bridgehead atoms. The summed E-state index contributed by atoms with van der Waals surface area (Å²) >= 11 is 0. The molecular formula is C16H23NO3. The minimum atomic E-state index is -0.226. The van der Waals surface area contributed by atoms with E-state index >= 15 is 0 Å². The molecule has 0 radical (unpaired) electrons. The van der Waals surface area contributed by atoms with E-state index in [9.17, 15) is 0 Å². The van der Waals surface area contributed by atoms with Gasteiger partial charge in [-0.1, -0.05) is 30.3 Å². The molecule has 1 rings (SSSR count). The first-order chi connectivity index (χ1) is 9.80. The summed E-state index contributed by atoms with van der Waals surface area (Å²) in [5.74, 6) is -0.0152. The van der Waals surface area contributed by atoms with Gasteiger partial charge in [0.05, 0.1) is 12.7 Å². The van der Waals surface area contributed by atoms with E-state index in [2.05, 4.69) is 6.07 Å². The number of benzene rings is 1. The van der Waals surface area contributed by atoms with E-state index in [4.69, 9.17) is 19.5 Å². The molecule has 0 aliphatic rings. The molecule has 0 saturated heterocycles. The number of rotatable bonds is 10. The van der Waals surface area contributed by atoms with Crippen molar-refractivity contribution >= 4 is 0 Å². The van der Waals surface area contributed by atoms with Crippen molar-refractivity contribution in [2.24, 2.45) is 5.92 Å². The first-order valence-electron chi connectivity index (χ1n) is 6.87. The third kappa shape index (κ3) is 6.67. The Morgan fingerprint density at radius 3 is 2.35 bits per heavy atom. The van der Waals surface area contributed by atoms with Gasteiger partial charge in [0.2, 0.25) is 0 Å². The Morgan fingerprint density at radius 1 is 1.05 bits per heavy atom. The van der Waals surface area contributed by atoms with Crippen molar-refractivity contribution < 1.29 is 14.2 Å². The van der Waals surface area contributed by atoms with Crippen LogP contribution in [0.5, 0.6) is 0 Å². The summed E-state index contributed by atoms with van der Waals surface area (Å²) in [6.45, 7) is 1.19. The molecule has 0 N–H and O–H groups in total. The fraction of sp³-hybridized carbons (Fsp3) is 0.562. The van der Waals surface area contributed by atoms with Crippen molar-refractivity contribution in [2.75, 3.05) is 20.8 Å². The number of hydrogen-bond acceptors (Lipinski definition) is 4. The predicted molar refractivity (Wildman–Crippen MR) is 76.9 cm³/mol. The highest BCUT2D eigenvalue weighted by atomic mass is 16.7. The molecule has 20 heavy (non-hydrogen) atoms. The Bertz CT molecular complexity index is 384. The molecule has 110 valence electrons. The fourth-order valence-corrected chi connectivity index (χ4v) is 1.93. The van der Waals surface area contributed by atoms with Crippen molar-refractivity contribution in [3.8, 4) is 6.07 Å². The molecule has 1 atom stereocenters. The molecule has 0 aromatic heterocycles. The maximum absolute atomic E-state index is 9.11. The minimum Gasteiger partial charge on any atom is -0.377 e. The van der Waals surface area contributed by atoms with Crippen LogP contribution in [0, 0.1) is 17.2 Å².